The second kappa shape index (κ2) is 11.6. The van der Waals surface area contributed by atoms with Crippen LogP contribution in [0.3, 0.4) is 0 Å². The minimum atomic E-state index is -1.15. The summed E-state index contributed by atoms with van der Waals surface area (Å²) in [6.45, 7) is 12.5. The first kappa shape index (κ1) is 26.5. The number of nitrogens with zero attached hydrogens (tertiary/aromatic N) is 3. The highest BCUT2D eigenvalue weighted by Crippen LogP contribution is 2.34. The van der Waals surface area contributed by atoms with E-state index in [4.69, 9.17) is 28.9 Å². The Balaban J connectivity index is 1.76. The number of amides is 1. The van der Waals surface area contributed by atoms with E-state index in [9.17, 15) is 9.18 Å². The summed E-state index contributed by atoms with van der Waals surface area (Å²) in [6.07, 6.45) is 0.677. The van der Waals surface area contributed by atoms with Crippen LogP contribution < -0.4 is 11.1 Å². The SMILES string of the molecule is C=C/N=C(\C1=C(N)[C@@H](F)CC1C)N1CCN(C(=O)[C@H](CNC(C)C)c2ccc(Cl)c(Cl)c2)CC1. The zero-order valence-electron chi connectivity index (χ0n) is 20.0. The number of carbonyl (C=O) groups is 1. The summed E-state index contributed by atoms with van der Waals surface area (Å²) in [5, 5.41) is 4.26. The molecule has 0 saturated carbocycles. The van der Waals surface area contributed by atoms with Gasteiger partial charge in [0.1, 0.15) is 12.0 Å². The van der Waals surface area contributed by atoms with Gasteiger partial charge in [-0.2, -0.15) is 0 Å². The highest BCUT2D eigenvalue weighted by atomic mass is 35.5. The van der Waals surface area contributed by atoms with Crippen LogP contribution in [0.5, 0.6) is 0 Å². The van der Waals surface area contributed by atoms with E-state index in [1.54, 1.807) is 12.1 Å². The lowest BCUT2D eigenvalue weighted by atomic mass is 9.96. The maximum absolute atomic E-state index is 14.2. The average Bonchev–Trinajstić information content (AvgIpc) is 3.05. The Kier molecular flexibility index (Phi) is 9.01. The molecule has 3 rings (SSSR count). The summed E-state index contributed by atoms with van der Waals surface area (Å²) < 4.78 is 14.2. The molecule has 1 fully saturated rings. The second-order valence-electron chi connectivity index (χ2n) is 9.21. The zero-order chi connectivity index (χ0) is 25.0. The van der Waals surface area contributed by atoms with Crippen LogP contribution in [0.25, 0.3) is 0 Å². The Morgan fingerprint density at radius 2 is 1.91 bits per heavy atom. The molecule has 0 radical (unpaired) electrons. The van der Waals surface area contributed by atoms with Gasteiger partial charge in [-0.05, 0) is 30.0 Å². The van der Waals surface area contributed by atoms with Crippen molar-refractivity contribution in [2.24, 2.45) is 16.6 Å². The van der Waals surface area contributed by atoms with Gasteiger partial charge in [-0.3, -0.25) is 4.79 Å². The molecule has 1 heterocycles. The van der Waals surface area contributed by atoms with Crippen LogP contribution in [-0.2, 0) is 4.79 Å². The molecule has 0 spiro atoms. The Morgan fingerprint density at radius 1 is 1.26 bits per heavy atom. The first-order valence-electron chi connectivity index (χ1n) is 11.7. The van der Waals surface area contributed by atoms with E-state index in [1.807, 2.05) is 31.7 Å². The van der Waals surface area contributed by atoms with Crippen molar-refractivity contribution in [2.75, 3.05) is 32.7 Å². The van der Waals surface area contributed by atoms with Crippen molar-refractivity contribution in [3.05, 3.63) is 57.9 Å². The van der Waals surface area contributed by atoms with Crippen LogP contribution in [0.15, 0.2) is 47.2 Å². The number of allylic oxidation sites excluding steroid dienone is 1. The number of benzene rings is 1. The molecule has 1 aromatic rings. The molecule has 1 amide bonds. The number of hydrogen-bond acceptors (Lipinski definition) is 4. The summed E-state index contributed by atoms with van der Waals surface area (Å²) in [4.78, 5) is 22.0. The van der Waals surface area contributed by atoms with Gasteiger partial charge in [0.15, 0.2) is 0 Å². The van der Waals surface area contributed by atoms with Crippen LogP contribution in [0.2, 0.25) is 10.0 Å². The number of halogens is 3. The second-order valence-corrected chi connectivity index (χ2v) is 10.0. The number of amidine groups is 1. The molecule has 1 saturated heterocycles. The molecule has 6 nitrogen and oxygen atoms in total. The molecular formula is C25H34Cl2FN5O. The van der Waals surface area contributed by atoms with Crippen LogP contribution in [0, 0.1) is 5.92 Å². The molecule has 0 bridgehead atoms. The van der Waals surface area contributed by atoms with Gasteiger partial charge in [-0.15, -0.1) is 0 Å². The molecule has 9 heteroatoms. The first-order chi connectivity index (χ1) is 16.1. The third-order valence-corrected chi connectivity index (χ3v) is 7.16. The predicted octanol–water partition coefficient (Wildman–Crippen LogP) is 4.35. The summed E-state index contributed by atoms with van der Waals surface area (Å²) in [5.74, 6) is 0.292. The highest BCUT2D eigenvalue weighted by Gasteiger charge is 2.36. The van der Waals surface area contributed by atoms with Gasteiger partial charge in [-0.25, -0.2) is 9.38 Å². The molecule has 1 aromatic carbocycles. The topological polar surface area (TPSA) is 74.0 Å². The van der Waals surface area contributed by atoms with E-state index in [0.717, 1.165) is 11.1 Å². The van der Waals surface area contributed by atoms with Crippen molar-refractivity contribution in [3.63, 3.8) is 0 Å². The van der Waals surface area contributed by atoms with Crippen LogP contribution in [0.1, 0.15) is 38.7 Å². The van der Waals surface area contributed by atoms with E-state index >= 15 is 0 Å². The first-order valence-corrected chi connectivity index (χ1v) is 12.4. The molecule has 3 N–H and O–H groups in total. The van der Waals surface area contributed by atoms with E-state index in [2.05, 4.69) is 21.8 Å². The quantitative estimate of drug-likeness (QED) is 0.423. The number of carbonyl (C=O) groups excluding carboxylic acids is 1. The Hall–Kier alpha value is -2.09. The molecule has 0 aromatic heterocycles. The van der Waals surface area contributed by atoms with Crippen molar-refractivity contribution >= 4 is 34.9 Å². The lowest BCUT2D eigenvalue weighted by Crippen LogP contribution is -2.53. The number of rotatable bonds is 7. The monoisotopic (exact) mass is 509 g/mol. The van der Waals surface area contributed by atoms with Gasteiger partial charge in [0.05, 0.1) is 21.7 Å². The summed E-state index contributed by atoms with van der Waals surface area (Å²) >= 11 is 12.3. The molecule has 2 aliphatic rings. The number of nitrogens with one attached hydrogen (secondary N) is 1. The van der Waals surface area contributed by atoms with Crippen LogP contribution in [-0.4, -0.2) is 66.5 Å². The van der Waals surface area contributed by atoms with Crippen LogP contribution in [0.4, 0.5) is 4.39 Å². The number of nitrogens with two attached hydrogens (primary N) is 1. The minimum absolute atomic E-state index is 0.0190. The fourth-order valence-electron chi connectivity index (χ4n) is 4.56. The van der Waals surface area contributed by atoms with Crippen molar-refractivity contribution in [3.8, 4) is 0 Å². The fraction of sp³-hybridized carbons (Fsp3) is 0.520. The fourth-order valence-corrected chi connectivity index (χ4v) is 4.86. The molecule has 1 aliphatic heterocycles. The van der Waals surface area contributed by atoms with Gasteiger partial charge >= 0.3 is 0 Å². The summed E-state index contributed by atoms with van der Waals surface area (Å²) in [7, 11) is 0. The van der Waals surface area contributed by atoms with E-state index in [1.165, 1.54) is 6.20 Å². The number of hydrogen-bond donors (Lipinski definition) is 2. The van der Waals surface area contributed by atoms with Crippen molar-refractivity contribution in [2.45, 2.75) is 45.3 Å². The van der Waals surface area contributed by atoms with E-state index < -0.39 is 6.17 Å². The van der Waals surface area contributed by atoms with Gasteiger partial charge in [0.2, 0.25) is 5.91 Å². The number of piperazine rings is 1. The van der Waals surface area contributed by atoms with Gasteiger partial charge in [0, 0.05) is 50.5 Å². The van der Waals surface area contributed by atoms with E-state index in [0.29, 0.717) is 55.0 Å². The lowest BCUT2D eigenvalue weighted by Gasteiger charge is -2.39. The highest BCUT2D eigenvalue weighted by molar-refractivity contribution is 6.42. The summed E-state index contributed by atoms with van der Waals surface area (Å²) in [6, 6.07) is 5.58. The largest absolute Gasteiger partial charge is 0.399 e. The van der Waals surface area contributed by atoms with Crippen molar-refractivity contribution in [1.82, 2.24) is 15.1 Å². The minimum Gasteiger partial charge on any atom is -0.399 e. The number of aliphatic imine (C=N–C) groups is 1. The Bertz CT molecular complexity index is 972. The molecule has 3 atom stereocenters. The van der Waals surface area contributed by atoms with Crippen molar-refractivity contribution in [1.29, 1.82) is 0 Å². The lowest BCUT2D eigenvalue weighted by molar-refractivity contribution is -0.134. The molecule has 1 unspecified atom stereocenters. The Morgan fingerprint density at radius 3 is 2.44 bits per heavy atom. The maximum atomic E-state index is 14.2. The number of alkyl halides is 1. The van der Waals surface area contributed by atoms with E-state index in [-0.39, 0.29) is 29.5 Å². The maximum Gasteiger partial charge on any atom is 0.231 e. The average molecular weight is 510 g/mol. The third-order valence-electron chi connectivity index (χ3n) is 6.42. The van der Waals surface area contributed by atoms with Gasteiger partial charge < -0.3 is 20.9 Å². The molecule has 1 aliphatic carbocycles. The van der Waals surface area contributed by atoms with Gasteiger partial charge in [-0.1, -0.05) is 56.6 Å². The van der Waals surface area contributed by atoms with Crippen molar-refractivity contribution < 1.29 is 9.18 Å². The molecular weight excluding hydrogens is 476 g/mol. The molecule has 186 valence electrons. The molecule has 34 heavy (non-hydrogen) atoms. The third kappa shape index (κ3) is 5.93. The van der Waals surface area contributed by atoms with Crippen LogP contribution >= 0.6 is 23.2 Å². The predicted molar refractivity (Wildman–Crippen MR) is 138 cm³/mol. The van der Waals surface area contributed by atoms with Gasteiger partial charge in [0.25, 0.3) is 0 Å². The normalized spacial score (nSPS) is 22.5. The zero-order valence-corrected chi connectivity index (χ0v) is 21.5. The smallest absolute Gasteiger partial charge is 0.231 e. The summed E-state index contributed by atoms with van der Waals surface area (Å²) in [5.41, 5.74) is 7.92. The Labute approximate surface area is 211 Å². The standard InChI is InChI=1S/C25H34Cl2FN5O/c1-5-30-24(22-16(4)12-21(28)23(22)29)32-8-10-33(11-9-32)25(34)18(14-31-15(2)3)17-6-7-19(26)20(27)13-17/h5-7,13,15-16,18,21,31H,1,8-12,14,29H2,2-4H3/b30-24+/t16?,18-,21+/m1/s1.